The largest absolute Gasteiger partial charge is 0.469 e. The van der Waals surface area contributed by atoms with E-state index >= 15 is 0 Å². The van der Waals surface area contributed by atoms with E-state index in [1.165, 1.54) is 0 Å². The average molecular weight is 218 g/mol. The highest BCUT2D eigenvalue weighted by Crippen LogP contribution is 2.15. The molecule has 0 saturated carbocycles. The van der Waals surface area contributed by atoms with Gasteiger partial charge < -0.3 is 14.9 Å². The zero-order valence-corrected chi connectivity index (χ0v) is 9.09. The summed E-state index contributed by atoms with van der Waals surface area (Å²) in [5.74, 6) is 1.33. The first kappa shape index (κ1) is 10.7. The Bertz CT molecular complexity index is 438. The van der Waals surface area contributed by atoms with E-state index in [1.807, 2.05) is 31.2 Å². The minimum Gasteiger partial charge on any atom is -0.469 e. The van der Waals surface area contributed by atoms with Crippen molar-refractivity contribution in [1.82, 2.24) is 4.98 Å². The van der Waals surface area contributed by atoms with Crippen molar-refractivity contribution in [2.45, 2.75) is 19.6 Å². The maximum absolute atomic E-state index is 5.77. The summed E-state index contributed by atoms with van der Waals surface area (Å²) >= 11 is 0. The van der Waals surface area contributed by atoms with Crippen molar-refractivity contribution in [3.05, 3.63) is 48.0 Å². The molecule has 0 radical (unpaired) electrons. The standard InChI is InChI=1S/C12H14N2O2/c1-9(13)10-4-5-14-12(7-10)16-8-11-3-2-6-15-11/h2-7,9H,8,13H2,1H3/t9-/m1/s1. The maximum atomic E-state index is 5.77. The maximum Gasteiger partial charge on any atom is 0.213 e. The van der Waals surface area contributed by atoms with Gasteiger partial charge in [0.2, 0.25) is 5.88 Å². The van der Waals surface area contributed by atoms with Crippen LogP contribution in [0, 0.1) is 0 Å². The number of furan rings is 1. The lowest BCUT2D eigenvalue weighted by Crippen LogP contribution is -2.05. The summed E-state index contributed by atoms with van der Waals surface area (Å²) in [6, 6.07) is 7.38. The first-order valence-electron chi connectivity index (χ1n) is 5.12. The van der Waals surface area contributed by atoms with Gasteiger partial charge >= 0.3 is 0 Å². The fourth-order valence-corrected chi connectivity index (χ4v) is 1.33. The predicted octanol–water partition coefficient (Wildman–Crippen LogP) is 2.27. The summed E-state index contributed by atoms with van der Waals surface area (Å²) in [6.07, 6.45) is 3.31. The summed E-state index contributed by atoms with van der Waals surface area (Å²) in [5.41, 5.74) is 6.78. The van der Waals surface area contributed by atoms with Crippen molar-refractivity contribution in [2.75, 3.05) is 0 Å². The van der Waals surface area contributed by atoms with Crippen LogP contribution in [-0.4, -0.2) is 4.98 Å². The summed E-state index contributed by atoms with van der Waals surface area (Å²) < 4.78 is 10.6. The SMILES string of the molecule is C[C@@H](N)c1ccnc(OCc2ccco2)c1. The van der Waals surface area contributed by atoms with Crippen LogP contribution in [0.2, 0.25) is 0 Å². The monoisotopic (exact) mass is 218 g/mol. The Morgan fingerprint density at radius 2 is 2.38 bits per heavy atom. The number of hydrogen-bond donors (Lipinski definition) is 1. The van der Waals surface area contributed by atoms with Gasteiger partial charge in [-0.05, 0) is 30.7 Å². The molecule has 0 aliphatic rings. The van der Waals surface area contributed by atoms with Crippen molar-refractivity contribution in [3.8, 4) is 5.88 Å². The molecule has 0 aliphatic carbocycles. The lowest BCUT2D eigenvalue weighted by molar-refractivity contribution is 0.260. The summed E-state index contributed by atoms with van der Waals surface area (Å²) in [6.45, 7) is 2.30. The highest BCUT2D eigenvalue weighted by atomic mass is 16.5. The Balaban J connectivity index is 2.01. The second-order valence-electron chi connectivity index (χ2n) is 3.58. The second-order valence-corrected chi connectivity index (χ2v) is 3.58. The summed E-state index contributed by atoms with van der Waals surface area (Å²) in [7, 11) is 0. The number of pyridine rings is 1. The van der Waals surface area contributed by atoms with Crippen LogP contribution in [0.1, 0.15) is 24.3 Å². The van der Waals surface area contributed by atoms with E-state index in [-0.39, 0.29) is 6.04 Å². The van der Waals surface area contributed by atoms with Gasteiger partial charge in [-0.15, -0.1) is 0 Å². The van der Waals surface area contributed by atoms with Crippen LogP contribution in [0.4, 0.5) is 0 Å². The molecule has 0 saturated heterocycles. The topological polar surface area (TPSA) is 61.3 Å². The minimum atomic E-state index is -0.0195. The molecule has 0 aliphatic heterocycles. The molecule has 0 aromatic carbocycles. The van der Waals surface area contributed by atoms with Crippen LogP contribution < -0.4 is 10.5 Å². The number of nitrogens with zero attached hydrogens (tertiary/aromatic N) is 1. The second kappa shape index (κ2) is 4.81. The molecule has 0 bridgehead atoms. The molecule has 0 amide bonds. The fourth-order valence-electron chi connectivity index (χ4n) is 1.33. The zero-order chi connectivity index (χ0) is 11.4. The number of nitrogens with two attached hydrogens (primary N) is 1. The van der Waals surface area contributed by atoms with Gasteiger partial charge in [-0.25, -0.2) is 4.98 Å². The smallest absolute Gasteiger partial charge is 0.213 e. The predicted molar refractivity (Wildman–Crippen MR) is 59.9 cm³/mol. The summed E-state index contributed by atoms with van der Waals surface area (Å²) in [4.78, 5) is 4.10. The van der Waals surface area contributed by atoms with Gasteiger partial charge in [-0.1, -0.05) is 0 Å². The lowest BCUT2D eigenvalue weighted by atomic mass is 10.1. The quantitative estimate of drug-likeness (QED) is 0.855. The Kier molecular flexibility index (Phi) is 3.22. The molecule has 0 spiro atoms. The van der Waals surface area contributed by atoms with Gasteiger partial charge in [0.1, 0.15) is 12.4 Å². The third-order valence-corrected chi connectivity index (χ3v) is 2.23. The van der Waals surface area contributed by atoms with Crippen molar-refractivity contribution in [3.63, 3.8) is 0 Å². The molecule has 2 aromatic rings. The first-order valence-corrected chi connectivity index (χ1v) is 5.12. The Morgan fingerprint density at radius 1 is 1.50 bits per heavy atom. The number of rotatable bonds is 4. The Morgan fingerprint density at radius 3 is 3.06 bits per heavy atom. The average Bonchev–Trinajstić information content (AvgIpc) is 2.79. The Hall–Kier alpha value is -1.81. The molecule has 2 heterocycles. The van der Waals surface area contributed by atoms with Crippen LogP contribution >= 0.6 is 0 Å². The van der Waals surface area contributed by atoms with Crippen LogP contribution in [0.5, 0.6) is 5.88 Å². The van der Waals surface area contributed by atoms with E-state index in [1.54, 1.807) is 12.5 Å². The molecule has 16 heavy (non-hydrogen) atoms. The van der Waals surface area contributed by atoms with Crippen LogP contribution in [0.15, 0.2) is 41.1 Å². The van der Waals surface area contributed by atoms with Gasteiger partial charge in [-0.2, -0.15) is 0 Å². The third kappa shape index (κ3) is 2.61. The Labute approximate surface area is 94.1 Å². The number of hydrogen-bond acceptors (Lipinski definition) is 4. The molecule has 2 aromatic heterocycles. The summed E-state index contributed by atoms with van der Waals surface area (Å²) in [5, 5.41) is 0. The number of ether oxygens (including phenoxy) is 1. The van der Waals surface area contributed by atoms with Gasteiger partial charge in [0, 0.05) is 18.3 Å². The van der Waals surface area contributed by atoms with E-state index in [0.717, 1.165) is 11.3 Å². The highest BCUT2D eigenvalue weighted by Gasteiger charge is 2.03. The fraction of sp³-hybridized carbons (Fsp3) is 0.250. The van der Waals surface area contributed by atoms with E-state index < -0.39 is 0 Å². The van der Waals surface area contributed by atoms with Gasteiger partial charge in [0.05, 0.1) is 6.26 Å². The minimum absolute atomic E-state index is 0.0195. The van der Waals surface area contributed by atoms with Crippen molar-refractivity contribution >= 4 is 0 Å². The number of aromatic nitrogens is 1. The van der Waals surface area contributed by atoms with E-state index in [9.17, 15) is 0 Å². The molecule has 0 fully saturated rings. The van der Waals surface area contributed by atoms with E-state index in [4.69, 9.17) is 14.9 Å². The molecule has 2 N–H and O–H groups in total. The molecule has 84 valence electrons. The van der Waals surface area contributed by atoms with E-state index in [2.05, 4.69) is 4.98 Å². The highest BCUT2D eigenvalue weighted by molar-refractivity contribution is 5.22. The molecule has 0 unspecified atom stereocenters. The lowest BCUT2D eigenvalue weighted by Gasteiger charge is -2.07. The van der Waals surface area contributed by atoms with Crippen molar-refractivity contribution in [1.29, 1.82) is 0 Å². The van der Waals surface area contributed by atoms with Crippen molar-refractivity contribution < 1.29 is 9.15 Å². The first-order chi connectivity index (χ1) is 7.75. The van der Waals surface area contributed by atoms with Crippen LogP contribution in [0.25, 0.3) is 0 Å². The van der Waals surface area contributed by atoms with E-state index in [0.29, 0.717) is 12.5 Å². The van der Waals surface area contributed by atoms with Crippen LogP contribution in [-0.2, 0) is 6.61 Å². The van der Waals surface area contributed by atoms with Crippen molar-refractivity contribution in [2.24, 2.45) is 5.73 Å². The third-order valence-electron chi connectivity index (χ3n) is 2.23. The molecule has 4 nitrogen and oxygen atoms in total. The van der Waals surface area contributed by atoms with Gasteiger partial charge in [0.15, 0.2) is 0 Å². The molecular formula is C12H14N2O2. The normalized spacial score (nSPS) is 12.4. The van der Waals surface area contributed by atoms with Crippen LogP contribution in [0.3, 0.4) is 0 Å². The molecular weight excluding hydrogens is 204 g/mol. The zero-order valence-electron chi connectivity index (χ0n) is 9.09. The van der Waals surface area contributed by atoms with Gasteiger partial charge in [0.25, 0.3) is 0 Å². The molecule has 2 rings (SSSR count). The molecule has 4 heteroatoms. The molecule has 1 atom stereocenters. The van der Waals surface area contributed by atoms with Gasteiger partial charge in [-0.3, -0.25) is 0 Å².